The van der Waals surface area contributed by atoms with Gasteiger partial charge in [0.1, 0.15) is 5.75 Å². The van der Waals surface area contributed by atoms with Gasteiger partial charge in [0.2, 0.25) is 0 Å². The van der Waals surface area contributed by atoms with E-state index in [4.69, 9.17) is 4.74 Å². The van der Waals surface area contributed by atoms with Crippen LogP contribution in [0, 0.1) is 11.8 Å². The minimum Gasteiger partial charge on any atom is -0.497 e. The molecule has 4 atom stereocenters. The van der Waals surface area contributed by atoms with E-state index in [0.717, 1.165) is 25.0 Å². The molecule has 2 aliphatic carbocycles. The van der Waals surface area contributed by atoms with Crippen LogP contribution in [0.25, 0.3) is 0 Å². The number of methoxy groups -OCH3 is 1. The van der Waals surface area contributed by atoms with Gasteiger partial charge in [-0.2, -0.15) is 0 Å². The molecule has 17 heavy (non-hydrogen) atoms. The van der Waals surface area contributed by atoms with Crippen molar-refractivity contribution in [1.82, 2.24) is 0 Å². The second kappa shape index (κ2) is 4.02. The predicted molar refractivity (Wildman–Crippen MR) is 67.3 cm³/mol. The van der Waals surface area contributed by atoms with Crippen LogP contribution in [-0.4, -0.2) is 18.3 Å². The molecule has 0 spiro atoms. The smallest absolute Gasteiger partial charge is 0.119 e. The largest absolute Gasteiger partial charge is 0.497 e. The summed E-state index contributed by atoms with van der Waals surface area (Å²) in [5.41, 5.74) is 2.88. The zero-order chi connectivity index (χ0) is 12.0. The summed E-state index contributed by atoms with van der Waals surface area (Å²) in [5, 5.41) is 10.1. The average molecular weight is 232 g/mol. The fourth-order valence-corrected chi connectivity index (χ4v) is 3.79. The zero-order valence-corrected chi connectivity index (χ0v) is 10.5. The maximum Gasteiger partial charge on any atom is 0.119 e. The van der Waals surface area contributed by atoms with Crippen molar-refractivity contribution in [3.63, 3.8) is 0 Å². The minimum absolute atomic E-state index is 0.0692. The molecule has 3 rings (SSSR count). The Balaban J connectivity index is 1.96. The van der Waals surface area contributed by atoms with Crippen LogP contribution >= 0.6 is 0 Å². The Bertz CT molecular complexity index is 427. The van der Waals surface area contributed by atoms with Gasteiger partial charge in [-0.15, -0.1) is 0 Å². The number of aliphatic hydroxyl groups is 1. The standard InChI is InChI=1S/C15H20O2/c1-3-11-14-12-7-5-10(17-2)8-9(12)4-6-13(14)15(11)16/h5,7-8,11,13-16H,3-4,6H2,1-2H3. The molecule has 1 N–H and O–H groups in total. The highest BCUT2D eigenvalue weighted by Crippen LogP contribution is 2.55. The van der Waals surface area contributed by atoms with Gasteiger partial charge in [-0.05, 0) is 53.9 Å². The Labute approximate surface area is 103 Å². The molecule has 2 aliphatic rings. The van der Waals surface area contributed by atoms with Crippen molar-refractivity contribution < 1.29 is 9.84 Å². The number of hydrogen-bond acceptors (Lipinski definition) is 2. The van der Waals surface area contributed by atoms with Crippen molar-refractivity contribution in [3.8, 4) is 5.75 Å². The lowest BCUT2D eigenvalue weighted by molar-refractivity contribution is -0.0751. The molecule has 2 heteroatoms. The van der Waals surface area contributed by atoms with Gasteiger partial charge in [-0.3, -0.25) is 0 Å². The van der Waals surface area contributed by atoms with E-state index in [0.29, 0.717) is 17.8 Å². The lowest BCUT2D eigenvalue weighted by atomic mass is 9.54. The summed E-state index contributed by atoms with van der Waals surface area (Å²) in [6, 6.07) is 6.43. The third-order valence-corrected chi connectivity index (χ3v) is 4.73. The van der Waals surface area contributed by atoms with E-state index >= 15 is 0 Å². The molecule has 0 heterocycles. The van der Waals surface area contributed by atoms with E-state index in [-0.39, 0.29) is 6.10 Å². The molecule has 0 aromatic heterocycles. The molecule has 0 radical (unpaired) electrons. The predicted octanol–water partition coefficient (Wildman–Crippen LogP) is 2.74. The van der Waals surface area contributed by atoms with Crippen molar-refractivity contribution in [2.45, 2.75) is 38.2 Å². The van der Waals surface area contributed by atoms with E-state index in [1.165, 1.54) is 11.1 Å². The number of hydrogen-bond donors (Lipinski definition) is 1. The molecule has 4 unspecified atom stereocenters. The van der Waals surface area contributed by atoms with Crippen molar-refractivity contribution >= 4 is 0 Å². The second-order valence-electron chi connectivity index (χ2n) is 5.36. The number of benzene rings is 1. The molecule has 1 saturated carbocycles. The topological polar surface area (TPSA) is 29.5 Å². The minimum atomic E-state index is -0.0692. The summed E-state index contributed by atoms with van der Waals surface area (Å²) in [7, 11) is 1.72. The van der Waals surface area contributed by atoms with Gasteiger partial charge in [0.25, 0.3) is 0 Å². The molecule has 0 bridgehead atoms. The van der Waals surface area contributed by atoms with Gasteiger partial charge in [0.15, 0.2) is 0 Å². The monoisotopic (exact) mass is 232 g/mol. The normalized spacial score (nSPS) is 34.5. The first-order valence-corrected chi connectivity index (χ1v) is 6.61. The molecule has 2 nitrogen and oxygen atoms in total. The highest BCUT2D eigenvalue weighted by Gasteiger charge is 2.50. The number of ether oxygens (including phenoxy) is 1. The third kappa shape index (κ3) is 1.50. The summed E-state index contributed by atoms with van der Waals surface area (Å²) in [6.45, 7) is 2.18. The fourth-order valence-electron chi connectivity index (χ4n) is 3.79. The Kier molecular flexibility index (Phi) is 2.62. The van der Waals surface area contributed by atoms with Crippen molar-refractivity contribution in [2.75, 3.05) is 7.11 Å². The highest BCUT2D eigenvalue weighted by molar-refractivity contribution is 5.42. The number of aryl methyl sites for hydroxylation is 1. The van der Waals surface area contributed by atoms with Crippen LogP contribution in [0.1, 0.15) is 36.8 Å². The first kappa shape index (κ1) is 11.1. The molecule has 0 saturated heterocycles. The van der Waals surface area contributed by atoms with E-state index < -0.39 is 0 Å². The Morgan fingerprint density at radius 3 is 2.94 bits per heavy atom. The van der Waals surface area contributed by atoms with Crippen LogP contribution in [0.3, 0.4) is 0 Å². The summed E-state index contributed by atoms with van der Waals surface area (Å²) in [4.78, 5) is 0. The van der Waals surface area contributed by atoms with E-state index in [1.54, 1.807) is 7.11 Å². The lowest BCUT2D eigenvalue weighted by Crippen LogP contribution is -2.51. The molecule has 1 aromatic carbocycles. The number of aliphatic hydroxyl groups excluding tert-OH is 1. The first-order chi connectivity index (χ1) is 8.26. The summed E-state index contributed by atoms with van der Waals surface area (Å²) in [6.07, 6.45) is 3.22. The van der Waals surface area contributed by atoms with Crippen LogP contribution in [0.2, 0.25) is 0 Å². The van der Waals surface area contributed by atoms with Crippen molar-refractivity contribution in [2.24, 2.45) is 11.8 Å². The van der Waals surface area contributed by atoms with Gasteiger partial charge < -0.3 is 9.84 Å². The first-order valence-electron chi connectivity index (χ1n) is 6.61. The molecule has 1 aromatic rings. The van der Waals surface area contributed by atoms with E-state index in [1.807, 2.05) is 0 Å². The maximum absolute atomic E-state index is 10.1. The third-order valence-electron chi connectivity index (χ3n) is 4.73. The van der Waals surface area contributed by atoms with Gasteiger partial charge in [0, 0.05) is 0 Å². The summed E-state index contributed by atoms with van der Waals surface area (Å²) >= 11 is 0. The van der Waals surface area contributed by atoms with E-state index in [2.05, 4.69) is 25.1 Å². The second-order valence-corrected chi connectivity index (χ2v) is 5.36. The quantitative estimate of drug-likeness (QED) is 0.849. The molecule has 1 fully saturated rings. The Morgan fingerprint density at radius 2 is 2.24 bits per heavy atom. The molecule has 92 valence electrons. The fraction of sp³-hybridized carbons (Fsp3) is 0.600. The van der Waals surface area contributed by atoms with Gasteiger partial charge in [-0.25, -0.2) is 0 Å². The molecular weight excluding hydrogens is 212 g/mol. The highest BCUT2D eigenvalue weighted by atomic mass is 16.5. The van der Waals surface area contributed by atoms with Crippen LogP contribution in [0.15, 0.2) is 18.2 Å². The van der Waals surface area contributed by atoms with Crippen molar-refractivity contribution in [1.29, 1.82) is 0 Å². The van der Waals surface area contributed by atoms with E-state index in [9.17, 15) is 5.11 Å². The van der Waals surface area contributed by atoms with Gasteiger partial charge in [-0.1, -0.05) is 19.4 Å². The molecule has 0 amide bonds. The number of rotatable bonds is 2. The SMILES string of the molecule is CCC1C(O)C2CCc3cc(OC)ccc3C12. The molecular formula is C15H20O2. The average Bonchev–Trinajstić information content (AvgIpc) is 2.37. The van der Waals surface area contributed by atoms with Gasteiger partial charge >= 0.3 is 0 Å². The van der Waals surface area contributed by atoms with Crippen LogP contribution in [-0.2, 0) is 6.42 Å². The van der Waals surface area contributed by atoms with Crippen LogP contribution in [0.5, 0.6) is 5.75 Å². The zero-order valence-electron chi connectivity index (χ0n) is 10.5. The Hall–Kier alpha value is -1.02. The van der Waals surface area contributed by atoms with Crippen LogP contribution in [0.4, 0.5) is 0 Å². The molecule has 0 aliphatic heterocycles. The summed E-state index contributed by atoms with van der Waals surface area (Å²) in [5.74, 6) is 2.51. The van der Waals surface area contributed by atoms with Gasteiger partial charge in [0.05, 0.1) is 13.2 Å². The van der Waals surface area contributed by atoms with Crippen LogP contribution < -0.4 is 4.74 Å². The van der Waals surface area contributed by atoms with Crippen molar-refractivity contribution in [3.05, 3.63) is 29.3 Å². The maximum atomic E-state index is 10.1. The lowest BCUT2D eigenvalue weighted by Gasteiger charge is -2.52. The number of fused-ring (bicyclic) bond motifs is 3. The summed E-state index contributed by atoms with van der Waals surface area (Å²) < 4.78 is 5.29. The Morgan fingerprint density at radius 1 is 1.41 bits per heavy atom.